The Kier molecular flexibility index (Phi) is 13.7. The number of aliphatic hydroxyl groups is 2. The zero-order valence-electron chi connectivity index (χ0n) is 46.9. The van der Waals surface area contributed by atoms with Crippen LogP contribution in [0.2, 0.25) is 0 Å². The van der Waals surface area contributed by atoms with Crippen molar-refractivity contribution in [2.75, 3.05) is 26.4 Å². The maximum absolute atomic E-state index is 16.9. The number of ether oxygens (including phenoxy) is 2. The molecule has 0 radical (unpaired) electrons. The van der Waals surface area contributed by atoms with E-state index < -0.39 is 34.9 Å². The molecule has 0 bridgehead atoms. The van der Waals surface area contributed by atoms with Crippen molar-refractivity contribution in [1.82, 2.24) is 49.1 Å². The summed E-state index contributed by atoms with van der Waals surface area (Å²) in [6.07, 6.45) is 9.78. The lowest BCUT2D eigenvalue weighted by molar-refractivity contribution is 0.0292. The van der Waals surface area contributed by atoms with Gasteiger partial charge in [-0.05, 0) is 127 Å². The number of hydrogen-bond acceptors (Lipinski definition) is 10. The van der Waals surface area contributed by atoms with Crippen LogP contribution in [-0.2, 0) is 34.8 Å². The SMILES string of the molecule is Cc1nnn(C)c1-c1cnc2c3ccc(C(C)(O)C4CC4)c(F)c3n([C@H](c3ccccc3F)C3CCOCC3)c2c1.Cc1nnn(C)c1-c1cnc2c3ccc(C(C)(O)C4CC4)c(F)c3n([C@H](c3ccccc3F)C3CCOCC3)c2c1. The second kappa shape index (κ2) is 20.8. The minimum atomic E-state index is -1.30. The lowest BCUT2D eigenvalue weighted by Gasteiger charge is -2.33. The molecule has 0 spiro atoms. The fourth-order valence-electron chi connectivity index (χ4n) is 13.7. The highest BCUT2D eigenvalue weighted by atomic mass is 19.1. The van der Waals surface area contributed by atoms with E-state index in [0.29, 0.717) is 107 Å². The Morgan fingerprint density at radius 3 is 1.26 bits per heavy atom. The summed E-state index contributed by atoms with van der Waals surface area (Å²) < 4.78 is 83.9. The Labute approximate surface area is 471 Å². The van der Waals surface area contributed by atoms with Crippen LogP contribution in [0.5, 0.6) is 0 Å². The lowest BCUT2D eigenvalue weighted by Crippen LogP contribution is -2.28. The van der Waals surface area contributed by atoms with E-state index in [1.54, 1.807) is 72.0 Å². The van der Waals surface area contributed by atoms with Crippen LogP contribution < -0.4 is 0 Å². The molecule has 14 rings (SSSR count). The topological polar surface area (TPSA) is 156 Å². The normalized spacial score (nSPS) is 18.7. The van der Waals surface area contributed by atoms with Crippen molar-refractivity contribution in [3.63, 3.8) is 0 Å². The highest BCUT2D eigenvalue weighted by Gasteiger charge is 2.46. The van der Waals surface area contributed by atoms with Crippen molar-refractivity contribution in [2.45, 2.75) is 102 Å². The molecule has 4 aromatic carbocycles. The van der Waals surface area contributed by atoms with E-state index >= 15 is 17.6 Å². The molecule has 10 aromatic rings. The Hall–Kier alpha value is -7.38. The van der Waals surface area contributed by atoms with Crippen molar-refractivity contribution in [3.05, 3.63) is 154 Å². The number of fused-ring (bicyclic) bond motifs is 6. The van der Waals surface area contributed by atoms with Gasteiger partial charge in [-0.2, -0.15) is 0 Å². The van der Waals surface area contributed by atoms with Crippen LogP contribution in [0, 0.1) is 60.8 Å². The molecule has 2 saturated carbocycles. The first kappa shape index (κ1) is 53.9. The summed E-state index contributed by atoms with van der Waals surface area (Å²) in [5.41, 5.74) is 6.93. The summed E-state index contributed by atoms with van der Waals surface area (Å²) in [6, 6.07) is 23.6. The van der Waals surface area contributed by atoms with Crippen molar-refractivity contribution in [3.8, 4) is 22.5 Å². The van der Waals surface area contributed by atoms with Crippen LogP contribution in [0.25, 0.3) is 66.4 Å². The van der Waals surface area contributed by atoms with Crippen LogP contribution in [-0.4, -0.2) is 85.7 Å². The molecule has 424 valence electrons. The predicted molar refractivity (Wildman–Crippen MR) is 305 cm³/mol. The molecule has 2 N–H and O–H groups in total. The van der Waals surface area contributed by atoms with Crippen LogP contribution in [0.3, 0.4) is 0 Å². The van der Waals surface area contributed by atoms with Gasteiger partial charge in [0, 0.05) is 97.1 Å². The van der Waals surface area contributed by atoms with Gasteiger partial charge in [0.05, 0.1) is 79.2 Å². The number of pyridine rings is 2. The summed E-state index contributed by atoms with van der Waals surface area (Å²) in [4.78, 5) is 9.71. The third-order valence-corrected chi connectivity index (χ3v) is 18.3. The Bertz CT molecular complexity index is 3790. The highest BCUT2D eigenvalue weighted by Crippen LogP contribution is 2.51. The number of halogens is 4. The summed E-state index contributed by atoms with van der Waals surface area (Å²) in [5, 5.41) is 40.9. The number of nitrogens with zero attached hydrogens (tertiary/aromatic N) is 10. The minimum absolute atomic E-state index is 0.00443. The molecule has 2 aliphatic heterocycles. The Balaban J connectivity index is 0.000000154. The molecular formula is C64H66F4N10O4. The van der Waals surface area contributed by atoms with Crippen LogP contribution in [0.1, 0.15) is 111 Å². The molecule has 6 aromatic heterocycles. The average molecular weight is 1120 g/mol. The molecule has 14 nitrogen and oxygen atoms in total. The first-order valence-electron chi connectivity index (χ1n) is 28.6. The van der Waals surface area contributed by atoms with Gasteiger partial charge in [0.15, 0.2) is 11.6 Å². The Morgan fingerprint density at radius 2 is 0.915 bits per heavy atom. The molecule has 2 saturated heterocycles. The van der Waals surface area contributed by atoms with E-state index in [1.165, 1.54) is 12.1 Å². The van der Waals surface area contributed by atoms with E-state index in [0.717, 1.165) is 59.6 Å². The molecule has 4 atom stereocenters. The molecule has 8 heterocycles. The minimum Gasteiger partial charge on any atom is -0.385 e. The summed E-state index contributed by atoms with van der Waals surface area (Å²) in [5.74, 6) is -1.63. The third-order valence-electron chi connectivity index (χ3n) is 18.3. The van der Waals surface area contributed by atoms with Crippen molar-refractivity contribution in [2.24, 2.45) is 37.8 Å². The predicted octanol–water partition coefficient (Wildman–Crippen LogP) is 12.4. The summed E-state index contributed by atoms with van der Waals surface area (Å²) in [7, 11) is 3.65. The first-order chi connectivity index (χ1) is 39.5. The van der Waals surface area contributed by atoms with Gasteiger partial charge in [0.25, 0.3) is 0 Å². The van der Waals surface area contributed by atoms with Gasteiger partial charge in [0.1, 0.15) is 11.6 Å². The second-order valence-electron chi connectivity index (χ2n) is 23.5. The molecule has 4 aliphatic rings. The molecule has 4 fully saturated rings. The third kappa shape index (κ3) is 9.07. The van der Waals surface area contributed by atoms with Gasteiger partial charge < -0.3 is 28.8 Å². The molecule has 2 aliphatic carbocycles. The molecular weight excluding hydrogens is 1050 g/mol. The van der Waals surface area contributed by atoms with Crippen molar-refractivity contribution in [1.29, 1.82) is 0 Å². The van der Waals surface area contributed by atoms with Gasteiger partial charge in [-0.15, -0.1) is 10.2 Å². The lowest BCUT2D eigenvalue weighted by atomic mass is 9.86. The molecule has 18 heteroatoms. The quantitative estimate of drug-likeness (QED) is 0.113. The molecule has 2 unspecified atom stereocenters. The summed E-state index contributed by atoms with van der Waals surface area (Å²) >= 11 is 0. The number of hydrogen-bond donors (Lipinski definition) is 2. The summed E-state index contributed by atoms with van der Waals surface area (Å²) in [6.45, 7) is 9.39. The smallest absolute Gasteiger partial charge is 0.153 e. The first-order valence-corrected chi connectivity index (χ1v) is 28.6. The molecule has 82 heavy (non-hydrogen) atoms. The fourth-order valence-corrected chi connectivity index (χ4v) is 13.7. The number of rotatable bonds is 12. The highest BCUT2D eigenvalue weighted by molar-refractivity contribution is 6.08. The van der Waals surface area contributed by atoms with Crippen LogP contribution in [0.4, 0.5) is 17.6 Å². The van der Waals surface area contributed by atoms with E-state index in [2.05, 4.69) is 20.6 Å². The van der Waals surface area contributed by atoms with E-state index in [9.17, 15) is 10.2 Å². The zero-order valence-corrected chi connectivity index (χ0v) is 46.9. The zero-order chi connectivity index (χ0) is 56.9. The largest absolute Gasteiger partial charge is 0.385 e. The number of benzene rings is 4. The van der Waals surface area contributed by atoms with Crippen LogP contribution in [0.15, 0.2) is 97.3 Å². The second-order valence-corrected chi connectivity index (χ2v) is 23.5. The van der Waals surface area contributed by atoms with Gasteiger partial charge >= 0.3 is 0 Å². The fraction of sp³-hybridized carbons (Fsp3) is 0.406. The maximum Gasteiger partial charge on any atom is 0.153 e. The number of aryl methyl sites for hydroxylation is 4. The molecule has 0 amide bonds. The van der Waals surface area contributed by atoms with Gasteiger partial charge in [-0.3, -0.25) is 9.97 Å². The van der Waals surface area contributed by atoms with E-state index in [-0.39, 0.29) is 46.4 Å². The van der Waals surface area contributed by atoms with Crippen molar-refractivity contribution >= 4 is 43.9 Å². The maximum atomic E-state index is 16.9. The van der Waals surface area contributed by atoms with Crippen molar-refractivity contribution < 1.29 is 37.2 Å². The van der Waals surface area contributed by atoms with E-state index in [4.69, 9.17) is 19.4 Å². The Morgan fingerprint density at radius 1 is 0.537 bits per heavy atom. The monoisotopic (exact) mass is 1110 g/mol. The van der Waals surface area contributed by atoms with Gasteiger partial charge in [0.2, 0.25) is 0 Å². The average Bonchev–Trinajstić information content (AvgIpc) is 3.96. The van der Waals surface area contributed by atoms with Crippen LogP contribution >= 0.6 is 0 Å². The standard InChI is InChI=1S/2C32H33F2N5O2/c2*1-18-29(38(3)37-36-18)20-16-26-28(35-17-20)23-10-11-24(32(2,40)21-8-9-21)27(34)31(23)39(26)30(19-12-14-41-15-13-19)22-6-4-5-7-25(22)33/h2*4-7,10-11,16-17,19,21,30,40H,8-9,12-15H2,1-3H3/t2*30-,32?/m00/s1. The van der Waals surface area contributed by atoms with E-state index in [1.807, 2.05) is 73.5 Å². The van der Waals surface area contributed by atoms with Gasteiger partial charge in [-0.25, -0.2) is 26.9 Å². The van der Waals surface area contributed by atoms with Gasteiger partial charge in [-0.1, -0.05) is 71.1 Å². The number of aromatic nitrogens is 10.